The van der Waals surface area contributed by atoms with Gasteiger partial charge in [-0.3, -0.25) is 0 Å². The molecule has 1 aliphatic rings. The summed E-state index contributed by atoms with van der Waals surface area (Å²) in [5, 5.41) is 45.1. The molecule has 1 saturated heterocycles. The molecular formula is C6H12O6. The molecule has 0 radical (unpaired) electrons. The number of aliphatic hydroxyl groups excluding tert-OH is 5. The molecule has 6 heteroatoms. The first-order valence-electron chi connectivity index (χ1n) is 3.56. The maximum absolute atomic E-state index is 9.07. The lowest BCUT2D eigenvalue weighted by atomic mass is 10.0. The summed E-state index contributed by atoms with van der Waals surface area (Å²) in [7, 11) is 0. The molecule has 1 fully saturated rings. The van der Waals surface area contributed by atoms with Crippen molar-refractivity contribution in [1.82, 2.24) is 0 Å². The quantitative estimate of drug-likeness (QED) is 0.268. The molecule has 0 saturated carbocycles. The second-order valence-electron chi connectivity index (χ2n) is 2.76. The highest BCUT2D eigenvalue weighted by molar-refractivity contribution is 4.85. The molecule has 5 atom stereocenters. The Balaban J connectivity index is 2.68. The number of ether oxygens (including phenoxy) is 1. The SMILES string of the molecule is O[C@@H]1[C@@H](O)[C@H](O)CO[C@@H](O)[C@H]1O. The van der Waals surface area contributed by atoms with E-state index in [1.165, 1.54) is 0 Å². The summed E-state index contributed by atoms with van der Waals surface area (Å²) in [5.41, 5.74) is 0. The van der Waals surface area contributed by atoms with Gasteiger partial charge in [-0.15, -0.1) is 0 Å². The molecule has 12 heavy (non-hydrogen) atoms. The Morgan fingerprint density at radius 2 is 1.42 bits per heavy atom. The number of hydrogen-bond donors (Lipinski definition) is 5. The van der Waals surface area contributed by atoms with Gasteiger partial charge in [0, 0.05) is 0 Å². The maximum Gasteiger partial charge on any atom is 0.183 e. The lowest BCUT2D eigenvalue weighted by molar-refractivity contribution is -0.181. The predicted molar refractivity (Wildman–Crippen MR) is 36.0 cm³/mol. The summed E-state index contributed by atoms with van der Waals surface area (Å²) in [6.45, 7) is -0.323. The van der Waals surface area contributed by atoms with Gasteiger partial charge in [0.05, 0.1) is 6.61 Å². The van der Waals surface area contributed by atoms with Gasteiger partial charge in [0.2, 0.25) is 0 Å². The van der Waals surface area contributed by atoms with E-state index in [4.69, 9.17) is 25.5 Å². The highest BCUT2D eigenvalue weighted by Gasteiger charge is 2.38. The molecular weight excluding hydrogens is 168 g/mol. The van der Waals surface area contributed by atoms with E-state index in [0.29, 0.717) is 0 Å². The van der Waals surface area contributed by atoms with Crippen molar-refractivity contribution in [2.75, 3.05) is 6.61 Å². The number of hydrogen-bond acceptors (Lipinski definition) is 6. The van der Waals surface area contributed by atoms with Crippen LogP contribution in [0.25, 0.3) is 0 Å². The number of rotatable bonds is 0. The van der Waals surface area contributed by atoms with Crippen LogP contribution in [0, 0.1) is 0 Å². The van der Waals surface area contributed by atoms with Crippen LogP contribution in [-0.4, -0.2) is 62.8 Å². The first-order valence-corrected chi connectivity index (χ1v) is 3.56. The number of aliphatic hydroxyl groups is 5. The summed E-state index contributed by atoms with van der Waals surface area (Å²) in [6, 6.07) is 0. The van der Waals surface area contributed by atoms with E-state index in [9.17, 15) is 0 Å². The normalized spacial score (nSPS) is 50.2. The zero-order valence-corrected chi connectivity index (χ0v) is 6.24. The van der Waals surface area contributed by atoms with Crippen molar-refractivity contribution in [2.24, 2.45) is 0 Å². The summed E-state index contributed by atoms with van der Waals surface area (Å²) in [6.07, 6.45) is -7.58. The van der Waals surface area contributed by atoms with Gasteiger partial charge in [0.15, 0.2) is 6.29 Å². The van der Waals surface area contributed by atoms with Crippen molar-refractivity contribution in [2.45, 2.75) is 30.7 Å². The third-order valence-corrected chi connectivity index (χ3v) is 1.82. The Morgan fingerprint density at radius 3 is 2.00 bits per heavy atom. The second kappa shape index (κ2) is 3.65. The van der Waals surface area contributed by atoms with E-state index >= 15 is 0 Å². The van der Waals surface area contributed by atoms with Crippen LogP contribution >= 0.6 is 0 Å². The van der Waals surface area contributed by atoms with Gasteiger partial charge in [0.25, 0.3) is 0 Å². The standard InChI is InChI=1S/C6H12O6/c7-2-1-12-6(11)5(10)4(9)3(2)8/h2-11H,1H2/t2-,3+,4-,5+,6-/m1/s1. The van der Waals surface area contributed by atoms with Crippen molar-refractivity contribution in [3.8, 4) is 0 Å². The molecule has 0 amide bonds. The molecule has 1 rings (SSSR count). The van der Waals surface area contributed by atoms with Crippen molar-refractivity contribution >= 4 is 0 Å². The Labute approximate surface area is 68.6 Å². The van der Waals surface area contributed by atoms with Crippen LogP contribution < -0.4 is 0 Å². The molecule has 0 spiro atoms. The van der Waals surface area contributed by atoms with Gasteiger partial charge in [-0.25, -0.2) is 0 Å². The molecule has 72 valence electrons. The minimum Gasteiger partial charge on any atom is -0.388 e. The van der Waals surface area contributed by atoms with Crippen LogP contribution in [0.4, 0.5) is 0 Å². The molecule has 0 aromatic carbocycles. The van der Waals surface area contributed by atoms with Gasteiger partial charge in [-0.2, -0.15) is 0 Å². The summed E-state index contributed by atoms with van der Waals surface area (Å²) in [5.74, 6) is 0. The zero-order valence-electron chi connectivity index (χ0n) is 6.24. The van der Waals surface area contributed by atoms with E-state index in [2.05, 4.69) is 4.74 Å². The Bertz CT molecular complexity index is 135. The fourth-order valence-corrected chi connectivity index (χ4v) is 0.993. The first-order chi connectivity index (χ1) is 5.54. The van der Waals surface area contributed by atoms with E-state index in [1.807, 2.05) is 0 Å². The third-order valence-electron chi connectivity index (χ3n) is 1.82. The fourth-order valence-electron chi connectivity index (χ4n) is 0.993. The van der Waals surface area contributed by atoms with Crippen LogP contribution in [-0.2, 0) is 4.74 Å². The van der Waals surface area contributed by atoms with Gasteiger partial charge in [-0.1, -0.05) is 0 Å². The third kappa shape index (κ3) is 1.74. The van der Waals surface area contributed by atoms with Crippen LogP contribution in [0.3, 0.4) is 0 Å². The van der Waals surface area contributed by atoms with Crippen LogP contribution in [0.5, 0.6) is 0 Å². The van der Waals surface area contributed by atoms with Crippen molar-refractivity contribution in [1.29, 1.82) is 0 Å². The molecule has 1 heterocycles. The van der Waals surface area contributed by atoms with Crippen LogP contribution in [0.2, 0.25) is 0 Å². The van der Waals surface area contributed by atoms with Crippen LogP contribution in [0.1, 0.15) is 0 Å². The second-order valence-corrected chi connectivity index (χ2v) is 2.76. The smallest absolute Gasteiger partial charge is 0.183 e. The monoisotopic (exact) mass is 180 g/mol. The first kappa shape index (κ1) is 9.85. The zero-order chi connectivity index (χ0) is 9.30. The molecule has 5 N–H and O–H groups in total. The Hall–Kier alpha value is -0.240. The summed E-state index contributed by atoms with van der Waals surface area (Å²) >= 11 is 0. The molecule has 0 bridgehead atoms. The molecule has 1 aliphatic heterocycles. The van der Waals surface area contributed by atoms with Gasteiger partial charge in [0.1, 0.15) is 24.4 Å². The van der Waals surface area contributed by atoms with E-state index < -0.39 is 30.7 Å². The van der Waals surface area contributed by atoms with Crippen molar-refractivity contribution in [3.05, 3.63) is 0 Å². The van der Waals surface area contributed by atoms with Crippen molar-refractivity contribution < 1.29 is 30.3 Å². The van der Waals surface area contributed by atoms with Gasteiger partial charge >= 0.3 is 0 Å². The molecule has 0 aliphatic carbocycles. The average molecular weight is 180 g/mol. The summed E-state index contributed by atoms with van der Waals surface area (Å²) in [4.78, 5) is 0. The largest absolute Gasteiger partial charge is 0.388 e. The van der Waals surface area contributed by atoms with E-state index in [1.54, 1.807) is 0 Å². The predicted octanol–water partition coefficient (Wildman–Crippen LogP) is -3.22. The summed E-state index contributed by atoms with van der Waals surface area (Å²) < 4.78 is 4.50. The van der Waals surface area contributed by atoms with E-state index in [0.717, 1.165) is 0 Å². The Morgan fingerprint density at radius 1 is 0.833 bits per heavy atom. The maximum atomic E-state index is 9.07. The van der Waals surface area contributed by atoms with Gasteiger partial charge in [-0.05, 0) is 0 Å². The topological polar surface area (TPSA) is 110 Å². The minimum atomic E-state index is -1.60. The highest BCUT2D eigenvalue weighted by Crippen LogP contribution is 2.14. The lowest BCUT2D eigenvalue weighted by Crippen LogP contribution is -2.46. The lowest BCUT2D eigenvalue weighted by Gasteiger charge is -2.22. The van der Waals surface area contributed by atoms with E-state index in [-0.39, 0.29) is 6.61 Å². The fraction of sp³-hybridized carbons (Fsp3) is 1.00. The van der Waals surface area contributed by atoms with Crippen molar-refractivity contribution in [3.63, 3.8) is 0 Å². The molecule has 6 nitrogen and oxygen atoms in total. The highest BCUT2D eigenvalue weighted by atomic mass is 16.6. The Kier molecular flexibility index (Phi) is 2.99. The molecule has 0 aromatic rings. The van der Waals surface area contributed by atoms with Crippen LogP contribution in [0.15, 0.2) is 0 Å². The minimum absolute atomic E-state index is 0.323. The van der Waals surface area contributed by atoms with Gasteiger partial charge < -0.3 is 30.3 Å². The molecule has 0 unspecified atom stereocenters. The average Bonchev–Trinajstić information content (AvgIpc) is 2.14. The molecule has 0 aromatic heterocycles.